The van der Waals surface area contributed by atoms with E-state index in [2.05, 4.69) is 20.2 Å². The number of nitrogens with one attached hydrogen (secondary N) is 1. The molecule has 166 valence electrons. The SMILES string of the molecule is O=C(CN1CCN(c2cnn(-c3ccccc3)c(=O)c2Cl)CC1)NC1CCCCCC1. The van der Waals surface area contributed by atoms with Gasteiger partial charge in [-0.3, -0.25) is 14.5 Å². The number of hydrogen-bond acceptors (Lipinski definition) is 5. The van der Waals surface area contributed by atoms with Gasteiger partial charge in [-0.1, -0.05) is 55.5 Å². The third-order valence-electron chi connectivity index (χ3n) is 6.20. The molecular formula is C23H30ClN5O2. The molecule has 31 heavy (non-hydrogen) atoms. The Labute approximate surface area is 188 Å². The number of rotatable bonds is 5. The predicted octanol–water partition coefficient (Wildman–Crippen LogP) is 2.85. The Morgan fingerprint density at radius 3 is 2.39 bits per heavy atom. The van der Waals surface area contributed by atoms with Crippen LogP contribution in [0.5, 0.6) is 0 Å². The summed E-state index contributed by atoms with van der Waals surface area (Å²) in [7, 11) is 0. The largest absolute Gasteiger partial charge is 0.366 e. The lowest BCUT2D eigenvalue weighted by atomic mass is 10.1. The minimum atomic E-state index is -0.324. The molecule has 0 spiro atoms. The number of amides is 1. The highest BCUT2D eigenvalue weighted by Gasteiger charge is 2.23. The van der Waals surface area contributed by atoms with Crippen molar-refractivity contribution in [2.24, 2.45) is 0 Å². The lowest BCUT2D eigenvalue weighted by Gasteiger charge is -2.36. The number of piperazine rings is 1. The highest BCUT2D eigenvalue weighted by molar-refractivity contribution is 6.33. The molecule has 2 fully saturated rings. The van der Waals surface area contributed by atoms with Gasteiger partial charge in [-0.25, -0.2) is 0 Å². The fraction of sp³-hybridized carbons (Fsp3) is 0.522. The van der Waals surface area contributed by atoms with Crippen LogP contribution >= 0.6 is 11.6 Å². The van der Waals surface area contributed by atoms with Crippen molar-refractivity contribution in [1.82, 2.24) is 20.0 Å². The number of nitrogens with zero attached hydrogens (tertiary/aromatic N) is 4. The van der Waals surface area contributed by atoms with E-state index in [-0.39, 0.29) is 16.5 Å². The molecule has 2 aliphatic rings. The van der Waals surface area contributed by atoms with Crippen LogP contribution in [0, 0.1) is 0 Å². The van der Waals surface area contributed by atoms with E-state index in [1.165, 1.54) is 30.4 Å². The summed E-state index contributed by atoms with van der Waals surface area (Å²) in [5.41, 5.74) is 1.02. The Hall–Kier alpha value is -2.38. The van der Waals surface area contributed by atoms with Gasteiger partial charge in [0.2, 0.25) is 5.91 Å². The Kier molecular flexibility index (Phi) is 7.25. The van der Waals surface area contributed by atoms with Crippen LogP contribution in [-0.2, 0) is 4.79 Å². The maximum absolute atomic E-state index is 12.7. The van der Waals surface area contributed by atoms with Crippen molar-refractivity contribution in [3.05, 3.63) is 51.9 Å². The summed E-state index contributed by atoms with van der Waals surface area (Å²) in [6.07, 6.45) is 8.83. The lowest BCUT2D eigenvalue weighted by Crippen LogP contribution is -2.50. The molecule has 2 aromatic rings. The van der Waals surface area contributed by atoms with E-state index in [4.69, 9.17) is 11.6 Å². The Bertz CT molecular complexity index is 933. The van der Waals surface area contributed by atoms with Gasteiger partial charge in [-0.05, 0) is 25.0 Å². The number of carbonyl (C=O) groups is 1. The van der Waals surface area contributed by atoms with Crippen molar-refractivity contribution in [1.29, 1.82) is 0 Å². The molecule has 1 N–H and O–H groups in total. The summed E-state index contributed by atoms with van der Waals surface area (Å²) in [5.74, 6) is 0.116. The summed E-state index contributed by atoms with van der Waals surface area (Å²) in [4.78, 5) is 29.4. The van der Waals surface area contributed by atoms with Gasteiger partial charge >= 0.3 is 0 Å². The number of hydrogen-bond donors (Lipinski definition) is 1. The van der Waals surface area contributed by atoms with Crippen molar-refractivity contribution in [3.63, 3.8) is 0 Å². The average molecular weight is 444 g/mol. The summed E-state index contributed by atoms with van der Waals surface area (Å²) in [6, 6.07) is 9.58. The van der Waals surface area contributed by atoms with Crippen LogP contribution in [-0.4, -0.2) is 59.4 Å². The van der Waals surface area contributed by atoms with E-state index in [1.54, 1.807) is 6.20 Å². The minimum Gasteiger partial charge on any atom is -0.366 e. The number of aromatic nitrogens is 2. The zero-order valence-electron chi connectivity index (χ0n) is 17.8. The first-order chi connectivity index (χ1) is 15.1. The van der Waals surface area contributed by atoms with Crippen molar-refractivity contribution in [2.75, 3.05) is 37.6 Å². The van der Waals surface area contributed by atoms with Crippen molar-refractivity contribution < 1.29 is 4.79 Å². The van der Waals surface area contributed by atoms with Gasteiger partial charge in [0.15, 0.2) is 0 Å². The molecule has 1 aromatic heterocycles. The van der Waals surface area contributed by atoms with E-state index in [0.717, 1.165) is 25.9 Å². The summed E-state index contributed by atoms with van der Waals surface area (Å²) in [5, 5.41) is 7.72. The van der Waals surface area contributed by atoms with Crippen LogP contribution in [0.3, 0.4) is 0 Å². The third kappa shape index (κ3) is 5.46. The number of halogens is 1. The fourth-order valence-corrected chi connectivity index (χ4v) is 4.69. The molecule has 0 atom stereocenters. The third-order valence-corrected chi connectivity index (χ3v) is 6.56. The summed E-state index contributed by atoms with van der Waals surface area (Å²) < 4.78 is 1.32. The van der Waals surface area contributed by atoms with E-state index >= 15 is 0 Å². The first-order valence-corrected chi connectivity index (χ1v) is 11.6. The van der Waals surface area contributed by atoms with Crippen LogP contribution in [0.2, 0.25) is 5.02 Å². The molecule has 0 radical (unpaired) electrons. The molecule has 1 aromatic carbocycles. The van der Waals surface area contributed by atoms with Gasteiger partial charge in [-0.15, -0.1) is 0 Å². The molecule has 7 nitrogen and oxygen atoms in total. The second-order valence-electron chi connectivity index (χ2n) is 8.42. The standard InChI is InChI=1S/C23H30ClN5O2/c24-22-20(16-25-29(23(22)31)19-10-6-3-7-11-19)28-14-12-27(13-15-28)17-21(30)26-18-8-4-1-2-5-9-18/h3,6-7,10-11,16,18H,1-2,4-5,8-9,12-15,17H2,(H,26,30). The molecule has 1 saturated heterocycles. The smallest absolute Gasteiger partial charge is 0.292 e. The van der Waals surface area contributed by atoms with Crippen LogP contribution in [0.4, 0.5) is 5.69 Å². The van der Waals surface area contributed by atoms with Crippen LogP contribution in [0.25, 0.3) is 5.69 Å². The highest BCUT2D eigenvalue weighted by Crippen LogP contribution is 2.23. The first-order valence-electron chi connectivity index (χ1n) is 11.2. The molecular weight excluding hydrogens is 414 g/mol. The van der Waals surface area contributed by atoms with E-state index in [1.807, 2.05) is 30.3 Å². The molecule has 1 saturated carbocycles. The van der Waals surface area contributed by atoms with Crippen LogP contribution < -0.4 is 15.8 Å². The molecule has 1 aliphatic heterocycles. The maximum Gasteiger partial charge on any atom is 0.292 e. The Morgan fingerprint density at radius 1 is 1.03 bits per heavy atom. The average Bonchev–Trinajstić information content (AvgIpc) is 3.05. The van der Waals surface area contributed by atoms with Gasteiger partial charge in [0.05, 0.1) is 24.1 Å². The van der Waals surface area contributed by atoms with E-state index in [9.17, 15) is 9.59 Å². The van der Waals surface area contributed by atoms with Crippen LogP contribution in [0.15, 0.2) is 41.3 Å². The van der Waals surface area contributed by atoms with Gasteiger partial charge in [-0.2, -0.15) is 9.78 Å². The predicted molar refractivity (Wildman–Crippen MR) is 123 cm³/mol. The van der Waals surface area contributed by atoms with Crippen molar-refractivity contribution in [2.45, 2.75) is 44.6 Å². The topological polar surface area (TPSA) is 70.5 Å². The van der Waals surface area contributed by atoms with Gasteiger partial charge in [0.25, 0.3) is 5.56 Å². The molecule has 2 heterocycles. The van der Waals surface area contributed by atoms with Crippen LogP contribution in [0.1, 0.15) is 38.5 Å². The molecule has 0 bridgehead atoms. The number of benzene rings is 1. The monoisotopic (exact) mass is 443 g/mol. The maximum atomic E-state index is 12.7. The molecule has 1 aliphatic carbocycles. The second kappa shape index (κ2) is 10.3. The summed E-state index contributed by atoms with van der Waals surface area (Å²) >= 11 is 6.43. The highest BCUT2D eigenvalue weighted by atomic mass is 35.5. The molecule has 0 unspecified atom stereocenters. The Balaban J connectivity index is 1.33. The van der Waals surface area contributed by atoms with E-state index < -0.39 is 0 Å². The number of para-hydroxylation sites is 1. The Morgan fingerprint density at radius 2 is 1.71 bits per heavy atom. The summed E-state index contributed by atoms with van der Waals surface area (Å²) in [6.45, 7) is 3.32. The quantitative estimate of drug-likeness (QED) is 0.719. The zero-order chi connectivity index (χ0) is 21.6. The lowest BCUT2D eigenvalue weighted by molar-refractivity contribution is -0.123. The second-order valence-corrected chi connectivity index (χ2v) is 8.79. The van der Waals surface area contributed by atoms with Gasteiger partial charge in [0.1, 0.15) is 5.02 Å². The zero-order valence-corrected chi connectivity index (χ0v) is 18.6. The normalized spacial score (nSPS) is 18.5. The first kappa shape index (κ1) is 21.8. The number of anilines is 1. The molecule has 8 heteroatoms. The molecule has 1 amide bonds. The van der Waals surface area contributed by atoms with Gasteiger partial charge < -0.3 is 10.2 Å². The molecule has 4 rings (SSSR count). The number of carbonyl (C=O) groups excluding carboxylic acids is 1. The van der Waals surface area contributed by atoms with Gasteiger partial charge in [0, 0.05) is 32.2 Å². The van der Waals surface area contributed by atoms with Crippen molar-refractivity contribution in [3.8, 4) is 5.69 Å². The fourth-order valence-electron chi connectivity index (χ4n) is 4.44. The van der Waals surface area contributed by atoms with E-state index in [0.29, 0.717) is 37.1 Å². The minimum absolute atomic E-state index is 0.116. The van der Waals surface area contributed by atoms with Crippen molar-refractivity contribution >= 4 is 23.2 Å².